The lowest BCUT2D eigenvalue weighted by atomic mass is 9.75. The van der Waals surface area contributed by atoms with Crippen molar-refractivity contribution in [3.63, 3.8) is 0 Å². The molecule has 1 aromatic carbocycles. The van der Waals surface area contributed by atoms with Crippen molar-refractivity contribution < 1.29 is 19.8 Å². The van der Waals surface area contributed by atoms with Gasteiger partial charge < -0.3 is 10.2 Å². The van der Waals surface area contributed by atoms with E-state index in [2.05, 4.69) is 47.5 Å². The minimum absolute atomic E-state index is 0.181. The summed E-state index contributed by atoms with van der Waals surface area (Å²) in [5.41, 5.74) is 4.90. The van der Waals surface area contributed by atoms with Crippen LogP contribution in [0.5, 0.6) is 0 Å². The van der Waals surface area contributed by atoms with Crippen LogP contribution in [-0.2, 0) is 28.1 Å². The number of fused-ring (bicyclic) bond motifs is 4. The van der Waals surface area contributed by atoms with Gasteiger partial charge in [-0.15, -0.1) is 11.3 Å². The van der Waals surface area contributed by atoms with Gasteiger partial charge in [0.05, 0.1) is 5.54 Å². The maximum atomic E-state index is 9.10. The van der Waals surface area contributed by atoms with E-state index in [1.807, 2.05) is 11.3 Å². The standard InChI is InChI=1S/C18H21NS.C2H2O4/c1-2-11-19-13-14-6-3-4-7-15(14)18(19)10-5-8-17-16(18)9-12-20-17;3-1(4)2(5)6/h3-4,6-7,9,12H,2,5,8,10-11,13H2,1H3;(H,3,4)(H,5,6). The lowest BCUT2D eigenvalue weighted by Gasteiger charge is -2.42. The van der Waals surface area contributed by atoms with Crippen molar-refractivity contribution in [2.24, 2.45) is 0 Å². The van der Waals surface area contributed by atoms with Crippen LogP contribution in [0.1, 0.15) is 47.8 Å². The van der Waals surface area contributed by atoms with Gasteiger partial charge in [-0.05, 0) is 60.4 Å². The Bertz CT molecular complexity index is 804. The summed E-state index contributed by atoms with van der Waals surface area (Å²) in [4.78, 5) is 22.6. The van der Waals surface area contributed by atoms with Crippen molar-refractivity contribution in [2.75, 3.05) is 6.54 Å². The summed E-state index contributed by atoms with van der Waals surface area (Å²) in [7, 11) is 0. The summed E-state index contributed by atoms with van der Waals surface area (Å²) < 4.78 is 0. The van der Waals surface area contributed by atoms with Gasteiger partial charge in [-0.2, -0.15) is 0 Å². The molecule has 5 nitrogen and oxygen atoms in total. The first-order valence-electron chi connectivity index (χ1n) is 8.87. The number of aliphatic carboxylic acids is 2. The molecule has 4 rings (SSSR count). The Morgan fingerprint density at radius 3 is 2.58 bits per heavy atom. The van der Waals surface area contributed by atoms with Crippen LogP contribution in [0.2, 0.25) is 0 Å². The predicted molar refractivity (Wildman–Crippen MR) is 100 cm³/mol. The molecule has 138 valence electrons. The van der Waals surface area contributed by atoms with Crippen molar-refractivity contribution in [1.29, 1.82) is 0 Å². The molecule has 0 fully saturated rings. The summed E-state index contributed by atoms with van der Waals surface area (Å²) in [5.74, 6) is -3.65. The normalized spacial score (nSPS) is 20.8. The van der Waals surface area contributed by atoms with Crippen LogP contribution in [0.25, 0.3) is 0 Å². The van der Waals surface area contributed by atoms with Crippen LogP contribution in [0, 0.1) is 0 Å². The van der Waals surface area contributed by atoms with E-state index in [-0.39, 0.29) is 5.54 Å². The van der Waals surface area contributed by atoms with Gasteiger partial charge >= 0.3 is 11.9 Å². The molecular formula is C20H23NO4S. The molecule has 26 heavy (non-hydrogen) atoms. The van der Waals surface area contributed by atoms with Crippen molar-refractivity contribution in [3.05, 3.63) is 57.3 Å². The molecule has 2 aromatic rings. The molecule has 2 heterocycles. The van der Waals surface area contributed by atoms with Crippen LogP contribution >= 0.6 is 11.3 Å². The Morgan fingerprint density at radius 2 is 1.88 bits per heavy atom. The van der Waals surface area contributed by atoms with E-state index < -0.39 is 11.9 Å². The summed E-state index contributed by atoms with van der Waals surface area (Å²) in [6, 6.07) is 11.5. The van der Waals surface area contributed by atoms with Crippen LogP contribution in [0.3, 0.4) is 0 Å². The predicted octanol–water partition coefficient (Wildman–Crippen LogP) is 3.71. The van der Waals surface area contributed by atoms with Gasteiger partial charge in [0.25, 0.3) is 0 Å². The number of nitrogens with zero attached hydrogens (tertiary/aromatic N) is 1. The van der Waals surface area contributed by atoms with E-state index in [9.17, 15) is 0 Å². The average molecular weight is 373 g/mol. The SMILES string of the molecule is CCCN1Cc2ccccc2C12CCCc1sccc12.O=C(O)C(=O)O. The summed E-state index contributed by atoms with van der Waals surface area (Å²) in [5, 5.41) is 17.1. The minimum atomic E-state index is -1.82. The van der Waals surface area contributed by atoms with Gasteiger partial charge in [0.1, 0.15) is 0 Å². The third-order valence-electron chi connectivity index (χ3n) is 5.17. The monoisotopic (exact) mass is 373 g/mol. The number of carbonyl (C=O) groups is 2. The topological polar surface area (TPSA) is 77.8 Å². The highest BCUT2D eigenvalue weighted by atomic mass is 32.1. The molecule has 1 aliphatic heterocycles. The van der Waals surface area contributed by atoms with Crippen molar-refractivity contribution >= 4 is 23.3 Å². The maximum Gasteiger partial charge on any atom is 0.414 e. The number of benzene rings is 1. The van der Waals surface area contributed by atoms with Crippen LogP contribution < -0.4 is 0 Å². The molecule has 1 spiro atoms. The molecule has 2 N–H and O–H groups in total. The molecule has 1 atom stereocenters. The molecule has 2 aliphatic rings. The van der Waals surface area contributed by atoms with Gasteiger partial charge in [0, 0.05) is 11.4 Å². The Labute approximate surface area is 156 Å². The van der Waals surface area contributed by atoms with E-state index in [0.29, 0.717) is 0 Å². The van der Waals surface area contributed by atoms with Crippen LogP contribution in [-0.4, -0.2) is 33.6 Å². The van der Waals surface area contributed by atoms with Gasteiger partial charge in [-0.1, -0.05) is 31.2 Å². The number of rotatable bonds is 2. The number of hydrogen-bond acceptors (Lipinski definition) is 4. The largest absolute Gasteiger partial charge is 0.473 e. The molecular weight excluding hydrogens is 350 g/mol. The zero-order chi connectivity index (χ0) is 18.7. The molecule has 1 aromatic heterocycles. The van der Waals surface area contributed by atoms with Crippen molar-refractivity contribution in [2.45, 2.75) is 44.7 Å². The first kappa shape index (κ1) is 18.6. The lowest BCUT2D eigenvalue weighted by molar-refractivity contribution is -0.159. The van der Waals surface area contributed by atoms with Gasteiger partial charge in [0.2, 0.25) is 0 Å². The second-order valence-electron chi connectivity index (χ2n) is 6.66. The molecule has 0 saturated heterocycles. The number of carboxylic acids is 2. The molecule has 0 saturated carbocycles. The van der Waals surface area contributed by atoms with Gasteiger partial charge in [0.15, 0.2) is 0 Å². The van der Waals surface area contributed by atoms with Gasteiger partial charge in [-0.25, -0.2) is 9.59 Å². The number of hydrogen-bond donors (Lipinski definition) is 2. The first-order chi connectivity index (χ1) is 12.5. The quantitative estimate of drug-likeness (QED) is 0.785. The highest BCUT2D eigenvalue weighted by molar-refractivity contribution is 7.10. The second-order valence-corrected chi connectivity index (χ2v) is 7.66. The van der Waals surface area contributed by atoms with Crippen LogP contribution in [0.15, 0.2) is 35.7 Å². The number of carboxylic acid groups (broad SMARTS) is 2. The fourth-order valence-corrected chi connectivity index (χ4v) is 5.26. The number of aryl methyl sites for hydroxylation is 1. The molecule has 0 amide bonds. The number of thiophene rings is 1. The van der Waals surface area contributed by atoms with E-state index in [1.165, 1.54) is 32.2 Å². The molecule has 1 aliphatic carbocycles. The Balaban J connectivity index is 0.000000286. The van der Waals surface area contributed by atoms with E-state index in [0.717, 1.165) is 6.54 Å². The van der Waals surface area contributed by atoms with E-state index in [1.54, 1.807) is 21.6 Å². The first-order valence-corrected chi connectivity index (χ1v) is 9.75. The second kappa shape index (κ2) is 7.60. The fourth-order valence-electron chi connectivity index (χ4n) is 4.26. The molecule has 6 heteroatoms. The highest BCUT2D eigenvalue weighted by Crippen LogP contribution is 2.51. The Kier molecular flexibility index (Phi) is 5.44. The van der Waals surface area contributed by atoms with Crippen LogP contribution in [0.4, 0.5) is 0 Å². The zero-order valence-electron chi connectivity index (χ0n) is 14.8. The maximum absolute atomic E-state index is 9.10. The average Bonchev–Trinajstić information content (AvgIpc) is 3.21. The van der Waals surface area contributed by atoms with Crippen molar-refractivity contribution in [1.82, 2.24) is 4.90 Å². The fraction of sp³-hybridized carbons (Fsp3) is 0.400. The minimum Gasteiger partial charge on any atom is -0.473 e. The lowest BCUT2D eigenvalue weighted by Crippen LogP contribution is -2.44. The Morgan fingerprint density at radius 1 is 1.15 bits per heavy atom. The smallest absolute Gasteiger partial charge is 0.414 e. The summed E-state index contributed by atoms with van der Waals surface area (Å²) in [6.45, 7) is 4.62. The third-order valence-corrected chi connectivity index (χ3v) is 6.15. The highest BCUT2D eigenvalue weighted by Gasteiger charge is 2.48. The molecule has 0 radical (unpaired) electrons. The van der Waals surface area contributed by atoms with E-state index in [4.69, 9.17) is 19.8 Å². The molecule has 0 bridgehead atoms. The summed E-state index contributed by atoms with van der Waals surface area (Å²) in [6.07, 6.45) is 5.11. The Hall–Kier alpha value is -2.18. The van der Waals surface area contributed by atoms with Crippen molar-refractivity contribution in [3.8, 4) is 0 Å². The molecule has 1 unspecified atom stereocenters. The van der Waals surface area contributed by atoms with Gasteiger partial charge in [-0.3, -0.25) is 4.90 Å². The van der Waals surface area contributed by atoms with E-state index >= 15 is 0 Å². The summed E-state index contributed by atoms with van der Waals surface area (Å²) >= 11 is 1.95. The third kappa shape index (κ3) is 3.15. The zero-order valence-corrected chi connectivity index (χ0v) is 15.6.